The molecule has 1 aromatic carbocycles. The highest BCUT2D eigenvalue weighted by molar-refractivity contribution is 14.1. The van der Waals surface area contributed by atoms with Crippen LogP contribution < -0.4 is 4.90 Å². The lowest BCUT2D eigenvalue weighted by Gasteiger charge is -2.32. The summed E-state index contributed by atoms with van der Waals surface area (Å²) in [5.41, 5.74) is 0.965. The molecule has 0 saturated heterocycles. The zero-order valence-electron chi connectivity index (χ0n) is 17.4. The first kappa shape index (κ1) is 23.1. The van der Waals surface area contributed by atoms with Crippen molar-refractivity contribution in [2.24, 2.45) is 4.99 Å². The van der Waals surface area contributed by atoms with Crippen molar-refractivity contribution in [1.29, 1.82) is 0 Å². The molecule has 0 aliphatic carbocycles. The van der Waals surface area contributed by atoms with Gasteiger partial charge in [-0.2, -0.15) is 3.11 Å². The van der Waals surface area contributed by atoms with Gasteiger partial charge in [-0.3, -0.25) is 19.5 Å². The third-order valence-electron chi connectivity index (χ3n) is 4.97. The fraction of sp³-hybridized carbons (Fsp3) is 0.333. The van der Waals surface area contributed by atoms with Gasteiger partial charge >= 0.3 is 0 Å². The minimum Gasteiger partial charge on any atom is -0.360 e. The van der Waals surface area contributed by atoms with E-state index < -0.39 is 12.4 Å². The molecular weight excluding hydrogens is 511 g/mol. The Morgan fingerprint density at radius 3 is 2.61 bits per heavy atom. The third kappa shape index (κ3) is 5.77. The molecule has 31 heavy (non-hydrogen) atoms. The van der Waals surface area contributed by atoms with Gasteiger partial charge in [0.25, 0.3) is 0 Å². The van der Waals surface area contributed by atoms with Gasteiger partial charge in [-0.15, -0.1) is 0 Å². The Kier molecular flexibility index (Phi) is 7.93. The molecule has 1 aromatic heterocycles. The Labute approximate surface area is 195 Å². The number of hydrogen-bond donors (Lipinski definition) is 1. The van der Waals surface area contributed by atoms with Crippen LogP contribution in [0.25, 0.3) is 0 Å². The molecule has 0 bridgehead atoms. The number of rotatable bonds is 5. The summed E-state index contributed by atoms with van der Waals surface area (Å²) < 4.78 is 1.50. The highest BCUT2D eigenvalue weighted by Gasteiger charge is 2.32. The van der Waals surface area contributed by atoms with E-state index in [4.69, 9.17) is 0 Å². The van der Waals surface area contributed by atoms with Crippen LogP contribution in [0, 0.1) is 0 Å². The molecular formula is C21H25IN6O3. The second-order valence-electron chi connectivity index (χ2n) is 7.14. The zero-order chi connectivity index (χ0) is 22.4. The SMILES string of the molecule is CC1C(=O)N(C)C(O)N(I)C/N=C\N1CC(=O)N(Cc1ccccc1)c1ccccn1. The summed E-state index contributed by atoms with van der Waals surface area (Å²) in [6.45, 7) is 2.15. The van der Waals surface area contributed by atoms with Gasteiger partial charge in [0.2, 0.25) is 11.8 Å². The van der Waals surface area contributed by atoms with E-state index in [-0.39, 0.29) is 25.0 Å². The summed E-state index contributed by atoms with van der Waals surface area (Å²) in [4.78, 5) is 39.2. The summed E-state index contributed by atoms with van der Waals surface area (Å²) >= 11 is 1.91. The molecule has 0 radical (unpaired) electrons. The largest absolute Gasteiger partial charge is 0.360 e. The number of pyridine rings is 1. The molecule has 2 atom stereocenters. The van der Waals surface area contributed by atoms with Crippen LogP contribution >= 0.6 is 22.9 Å². The van der Waals surface area contributed by atoms with Crippen molar-refractivity contribution in [2.75, 3.05) is 25.2 Å². The molecule has 3 rings (SSSR count). The fourth-order valence-electron chi connectivity index (χ4n) is 3.13. The summed E-state index contributed by atoms with van der Waals surface area (Å²) in [5.74, 6) is -0.00675. The molecule has 0 spiro atoms. The smallest absolute Gasteiger partial charge is 0.248 e. The van der Waals surface area contributed by atoms with Crippen molar-refractivity contribution >= 4 is 46.8 Å². The summed E-state index contributed by atoms with van der Waals surface area (Å²) in [6.07, 6.45) is 2.03. The summed E-state index contributed by atoms with van der Waals surface area (Å²) in [6, 6.07) is 14.4. The van der Waals surface area contributed by atoms with Gasteiger partial charge in [0.15, 0.2) is 6.35 Å². The molecule has 0 fully saturated rings. The number of carbonyl (C=O) groups is 2. The Bertz CT molecular complexity index is 914. The number of aliphatic hydroxyl groups is 1. The molecule has 1 N–H and O–H groups in total. The van der Waals surface area contributed by atoms with Crippen molar-refractivity contribution in [3.05, 3.63) is 60.3 Å². The minimum atomic E-state index is -1.11. The van der Waals surface area contributed by atoms with Gasteiger partial charge in [-0.25, -0.2) is 4.98 Å². The number of anilines is 1. The monoisotopic (exact) mass is 536 g/mol. The third-order valence-corrected chi connectivity index (χ3v) is 5.78. The molecule has 9 nitrogen and oxygen atoms in total. The number of benzene rings is 1. The summed E-state index contributed by atoms with van der Waals surface area (Å²) in [5, 5.41) is 10.3. The lowest BCUT2D eigenvalue weighted by atomic mass is 10.2. The van der Waals surface area contributed by atoms with E-state index in [0.29, 0.717) is 12.4 Å². The number of amides is 2. The van der Waals surface area contributed by atoms with E-state index in [9.17, 15) is 14.7 Å². The predicted octanol–water partition coefficient (Wildman–Crippen LogP) is 1.69. The van der Waals surface area contributed by atoms with Crippen molar-refractivity contribution in [2.45, 2.75) is 25.9 Å². The molecule has 2 amide bonds. The molecule has 2 heterocycles. The molecule has 0 saturated carbocycles. The molecule has 1 aliphatic heterocycles. The standard InChI is InChI=1S/C21H25IN6O3/c1-16-20(30)25(2)21(31)28(22)15-23-14-26(16)13-19(29)27(18-10-6-7-11-24-18)12-17-8-4-3-5-9-17/h3-11,14,16,21,31H,12-13,15H2,1-2H3/b23-14-. The van der Waals surface area contributed by atoms with Gasteiger partial charge < -0.3 is 14.9 Å². The van der Waals surface area contributed by atoms with Crippen LogP contribution in [0.4, 0.5) is 5.82 Å². The molecule has 2 unspecified atom stereocenters. The van der Waals surface area contributed by atoms with Gasteiger partial charge in [0, 0.05) is 36.1 Å². The number of nitrogens with zero attached hydrogens (tertiary/aromatic N) is 6. The Balaban J connectivity index is 1.84. The highest BCUT2D eigenvalue weighted by Crippen LogP contribution is 2.17. The maximum atomic E-state index is 13.4. The molecule has 164 valence electrons. The Hall–Kier alpha value is -2.57. The van der Waals surface area contributed by atoms with Crippen LogP contribution in [-0.4, -0.2) is 73.8 Å². The molecule has 1 aliphatic rings. The molecule has 10 heteroatoms. The van der Waals surface area contributed by atoms with Gasteiger partial charge in [-0.05, 0) is 24.6 Å². The highest BCUT2D eigenvalue weighted by atomic mass is 127. The quantitative estimate of drug-likeness (QED) is 0.462. The van der Waals surface area contributed by atoms with Crippen LogP contribution in [0.3, 0.4) is 0 Å². The van der Waals surface area contributed by atoms with Crippen molar-refractivity contribution in [1.82, 2.24) is 17.9 Å². The van der Waals surface area contributed by atoms with Gasteiger partial charge in [-0.1, -0.05) is 36.4 Å². The Morgan fingerprint density at radius 2 is 1.94 bits per heavy atom. The van der Waals surface area contributed by atoms with E-state index in [0.717, 1.165) is 5.56 Å². The van der Waals surface area contributed by atoms with E-state index in [2.05, 4.69) is 9.98 Å². The van der Waals surface area contributed by atoms with Crippen LogP contribution in [0.15, 0.2) is 59.7 Å². The maximum absolute atomic E-state index is 13.4. The summed E-state index contributed by atoms with van der Waals surface area (Å²) in [7, 11) is 1.52. The first-order valence-corrected chi connectivity index (χ1v) is 10.7. The lowest BCUT2D eigenvalue weighted by Crippen LogP contribution is -2.53. The second-order valence-corrected chi connectivity index (χ2v) is 8.38. The van der Waals surface area contributed by atoms with Crippen molar-refractivity contribution in [3.63, 3.8) is 0 Å². The zero-order valence-corrected chi connectivity index (χ0v) is 19.5. The lowest BCUT2D eigenvalue weighted by molar-refractivity contribution is -0.148. The average Bonchev–Trinajstić information content (AvgIpc) is 2.83. The normalized spacial score (nSPS) is 21.2. The first-order chi connectivity index (χ1) is 14.9. The fourth-order valence-corrected chi connectivity index (χ4v) is 3.68. The first-order valence-electron chi connectivity index (χ1n) is 9.76. The van der Waals surface area contributed by atoms with Gasteiger partial charge in [0.1, 0.15) is 18.5 Å². The number of halogens is 1. The number of aliphatic imine (C=N–C) groups is 1. The second kappa shape index (κ2) is 10.6. The van der Waals surface area contributed by atoms with Crippen molar-refractivity contribution < 1.29 is 14.7 Å². The van der Waals surface area contributed by atoms with Gasteiger partial charge in [0.05, 0.1) is 19.4 Å². The van der Waals surface area contributed by atoms with E-state index >= 15 is 0 Å². The van der Waals surface area contributed by atoms with Crippen LogP contribution in [0.1, 0.15) is 12.5 Å². The minimum absolute atomic E-state index is 0.0645. The maximum Gasteiger partial charge on any atom is 0.248 e. The van der Waals surface area contributed by atoms with Crippen LogP contribution in [0.5, 0.6) is 0 Å². The Morgan fingerprint density at radius 1 is 1.23 bits per heavy atom. The number of hydrogen-bond acceptors (Lipinski definition) is 7. The average molecular weight is 536 g/mol. The predicted molar refractivity (Wildman–Crippen MR) is 126 cm³/mol. The topological polar surface area (TPSA) is 92.6 Å². The number of carbonyl (C=O) groups excluding carboxylic acids is 2. The van der Waals surface area contributed by atoms with Crippen LogP contribution in [0.2, 0.25) is 0 Å². The number of likely N-dealkylation sites (N-methyl/N-ethyl adjacent to an activating group) is 1. The van der Waals surface area contributed by atoms with Crippen molar-refractivity contribution in [3.8, 4) is 0 Å². The van der Waals surface area contributed by atoms with E-state index in [1.807, 2.05) is 59.3 Å². The number of aromatic nitrogens is 1. The number of aliphatic hydroxyl groups excluding tert-OH is 1. The molecule has 2 aromatic rings. The van der Waals surface area contributed by atoms with Crippen LogP contribution in [-0.2, 0) is 16.1 Å². The van der Waals surface area contributed by atoms with E-state index in [1.165, 1.54) is 21.4 Å². The van der Waals surface area contributed by atoms with E-state index in [1.54, 1.807) is 35.1 Å².